The monoisotopic (exact) mass is 277 g/mol. The fraction of sp³-hybridized carbons (Fsp3) is 0.429. The van der Waals surface area contributed by atoms with Crippen molar-refractivity contribution in [2.24, 2.45) is 11.8 Å². The first-order valence-corrected chi connectivity index (χ1v) is 6.83. The Hall–Kier alpha value is -1.39. The number of hydrogen-bond acceptors (Lipinski definition) is 3. The number of fused-ring (bicyclic) bond motifs is 5. The fourth-order valence-corrected chi connectivity index (χ4v) is 3.68. The summed E-state index contributed by atoms with van der Waals surface area (Å²) in [6.07, 6.45) is 1.64. The van der Waals surface area contributed by atoms with Gasteiger partial charge in [0, 0.05) is 5.02 Å². The first-order valence-electron chi connectivity index (χ1n) is 6.45. The number of anilines is 1. The van der Waals surface area contributed by atoms with Crippen LogP contribution in [0.2, 0.25) is 5.02 Å². The zero-order valence-corrected chi connectivity index (χ0v) is 10.8. The van der Waals surface area contributed by atoms with Gasteiger partial charge >= 0.3 is 0 Å². The molecule has 1 aromatic rings. The van der Waals surface area contributed by atoms with Crippen LogP contribution in [-0.4, -0.2) is 24.0 Å². The average molecular weight is 278 g/mol. The van der Waals surface area contributed by atoms with Crippen LogP contribution >= 0.6 is 11.6 Å². The Balaban J connectivity index is 1.73. The van der Waals surface area contributed by atoms with Gasteiger partial charge in [0.05, 0.1) is 29.7 Å². The molecule has 3 heterocycles. The SMILES string of the molecule is O=C1[C@@H]2[C@@H](C(=O)N1c1ccc(Cl)cc1)[C@H]1CC[C@H]2O1. The van der Waals surface area contributed by atoms with E-state index in [1.165, 1.54) is 4.90 Å². The van der Waals surface area contributed by atoms with Crippen LogP contribution in [0.1, 0.15) is 12.8 Å². The maximum atomic E-state index is 12.5. The van der Waals surface area contributed by atoms with Gasteiger partial charge in [-0.15, -0.1) is 0 Å². The predicted octanol–water partition coefficient (Wildman–Crippen LogP) is 2.01. The van der Waals surface area contributed by atoms with Crippen molar-refractivity contribution in [1.82, 2.24) is 0 Å². The van der Waals surface area contributed by atoms with Crippen molar-refractivity contribution in [2.45, 2.75) is 25.0 Å². The van der Waals surface area contributed by atoms with Crippen molar-refractivity contribution in [3.05, 3.63) is 29.3 Å². The summed E-state index contributed by atoms with van der Waals surface area (Å²) < 4.78 is 5.69. The maximum absolute atomic E-state index is 12.5. The lowest BCUT2D eigenvalue weighted by atomic mass is 9.81. The molecule has 2 bridgehead atoms. The van der Waals surface area contributed by atoms with Gasteiger partial charge in [-0.3, -0.25) is 9.59 Å². The second kappa shape index (κ2) is 3.81. The molecule has 3 saturated heterocycles. The molecular formula is C14H12ClNO3. The minimum absolute atomic E-state index is 0.0660. The first-order chi connectivity index (χ1) is 9.16. The highest BCUT2D eigenvalue weighted by Gasteiger charge is 2.62. The van der Waals surface area contributed by atoms with Gasteiger partial charge in [-0.25, -0.2) is 4.90 Å². The number of halogens is 1. The fourth-order valence-electron chi connectivity index (χ4n) is 3.56. The quantitative estimate of drug-likeness (QED) is 0.738. The summed E-state index contributed by atoms with van der Waals surface area (Å²) in [6.45, 7) is 0. The van der Waals surface area contributed by atoms with Crippen molar-refractivity contribution in [3.8, 4) is 0 Å². The van der Waals surface area contributed by atoms with E-state index in [0.717, 1.165) is 12.8 Å². The van der Waals surface area contributed by atoms with Gasteiger partial charge in [0.2, 0.25) is 11.8 Å². The number of nitrogens with zero attached hydrogens (tertiary/aromatic N) is 1. The molecule has 19 heavy (non-hydrogen) atoms. The number of carbonyl (C=O) groups is 2. The Kier molecular flexibility index (Phi) is 2.29. The zero-order chi connectivity index (χ0) is 13.1. The van der Waals surface area contributed by atoms with E-state index in [2.05, 4.69) is 0 Å². The van der Waals surface area contributed by atoms with Crippen LogP contribution in [0.15, 0.2) is 24.3 Å². The van der Waals surface area contributed by atoms with Crippen molar-refractivity contribution in [1.29, 1.82) is 0 Å². The normalized spacial score (nSPS) is 36.2. The molecule has 0 radical (unpaired) electrons. The molecule has 3 aliphatic rings. The molecular weight excluding hydrogens is 266 g/mol. The van der Waals surface area contributed by atoms with E-state index >= 15 is 0 Å². The summed E-state index contributed by atoms with van der Waals surface area (Å²) in [5.74, 6) is -0.794. The van der Waals surface area contributed by atoms with E-state index in [0.29, 0.717) is 10.7 Å². The van der Waals surface area contributed by atoms with Crippen LogP contribution in [0.25, 0.3) is 0 Å². The van der Waals surface area contributed by atoms with Gasteiger partial charge in [0.1, 0.15) is 0 Å². The molecule has 0 N–H and O–H groups in total. The molecule has 4 nitrogen and oxygen atoms in total. The van der Waals surface area contributed by atoms with E-state index < -0.39 is 0 Å². The minimum Gasteiger partial charge on any atom is -0.373 e. The summed E-state index contributed by atoms with van der Waals surface area (Å²) >= 11 is 5.83. The van der Waals surface area contributed by atoms with Gasteiger partial charge in [0.15, 0.2) is 0 Å². The summed E-state index contributed by atoms with van der Waals surface area (Å²) in [7, 11) is 0. The summed E-state index contributed by atoms with van der Waals surface area (Å²) in [5.41, 5.74) is 0.605. The number of imide groups is 1. The molecule has 0 unspecified atom stereocenters. The van der Waals surface area contributed by atoms with E-state index in [1.807, 2.05) is 0 Å². The van der Waals surface area contributed by atoms with Gasteiger partial charge in [-0.2, -0.15) is 0 Å². The van der Waals surface area contributed by atoms with Crippen LogP contribution < -0.4 is 4.90 Å². The Morgan fingerprint density at radius 3 is 2.05 bits per heavy atom. The molecule has 3 aliphatic heterocycles. The molecule has 5 heteroatoms. The van der Waals surface area contributed by atoms with E-state index in [-0.39, 0.29) is 35.9 Å². The van der Waals surface area contributed by atoms with Crippen LogP contribution in [0, 0.1) is 11.8 Å². The Morgan fingerprint density at radius 1 is 1.00 bits per heavy atom. The second-order valence-electron chi connectivity index (χ2n) is 5.33. The standard InChI is InChI=1S/C14H12ClNO3/c15-7-1-3-8(4-2-7)16-13(17)11-9-5-6-10(19-9)12(11)14(16)18/h1-4,9-12H,5-6H2/t9-,10-,11+,12+/m1/s1. The highest BCUT2D eigenvalue weighted by Crippen LogP contribution is 2.49. The Bertz CT molecular complexity index is 543. The van der Waals surface area contributed by atoms with E-state index in [9.17, 15) is 9.59 Å². The van der Waals surface area contributed by atoms with Crippen molar-refractivity contribution in [2.75, 3.05) is 4.90 Å². The third kappa shape index (κ3) is 1.44. The van der Waals surface area contributed by atoms with E-state index in [4.69, 9.17) is 16.3 Å². The number of benzene rings is 1. The topological polar surface area (TPSA) is 46.6 Å². The molecule has 0 aliphatic carbocycles. The predicted molar refractivity (Wildman–Crippen MR) is 68.8 cm³/mol. The smallest absolute Gasteiger partial charge is 0.240 e. The maximum Gasteiger partial charge on any atom is 0.240 e. The number of rotatable bonds is 1. The third-order valence-electron chi connectivity index (χ3n) is 4.37. The number of carbonyl (C=O) groups excluding carboxylic acids is 2. The minimum atomic E-state index is -0.276. The van der Waals surface area contributed by atoms with Gasteiger partial charge in [-0.1, -0.05) is 11.6 Å². The molecule has 4 rings (SSSR count). The number of ether oxygens (including phenoxy) is 1. The lowest BCUT2D eigenvalue weighted by molar-refractivity contribution is -0.124. The molecule has 0 spiro atoms. The van der Waals surface area contributed by atoms with Crippen LogP contribution in [-0.2, 0) is 14.3 Å². The molecule has 3 fully saturated rings. The van der Waals surface area contributed by atoms with Crippen molar-refractivity contribution < 1.29 is 14.3 Å². The van der Waals surface area contributed by atoms with Crippen LogP contribution in [0.5, 0.6) is 0 Å². The lowest BCUT2D eigenvalue weighted by Gasteiger charge is -2.17. The highest BCUT2D eigenvalue weighted by atomic mass is 35.5. The summed E-state index contributed by atoms with van der Waals surface area (Å²) in [5, 5.41) is 0.589. The Morgan fingerprint density at radius 2 is 1.53 bits per heavy atom. The summed E-state index contributed by atoms with van der Waals surface area (Å²) in [4.78, 5) is 26.2. The molecule has 2 amide bonds. The first kappa shape index (κ1) is 11.4. The second-order valence-corrected chi connectivity index (χ2v) is 5.77. The molecule has 1 aromatic carbocycles. The molecule has 4 atom stereocenters. The lowest BCUT2D eigenvalue weighted by Crippen LogP contribution is -2.34. The average Bonchev–Trinajstić information content (AvgIpc) is 3.06. The van der Waals surface area contributed by atoms with Gasteiger partial charge < -0.3 is 4.74 Å². The number of hydrogen-bond donors (Lipinski definition) is 0. The number of amides is 2. The zero-order valence-electron chi connectivity index (χ0n) is 10.1. The summed E-state index contributed by atoms with van der Waals surface area (Å²) in [6, 6.07) is 6.80. The van der Waals surface area contributed by atoms with Crippen LogP contribution in [0.4, 0.5) is 5.69 Å². The highest BCUT2D eigenvalue weighted by molar-refractivity contribution is 6.30. The van der Waals surface area contributed by atoms with Crippen molar-refractivity contribution in [3.63, 3.8) is 0 Å². The van der Waals surface area contributed by atoms with E-state index in [1.54, 1.807) is 24.3 Å². The van der Waals surface area contributed by atoms with Gasteiger partial charge in [-0.05, 0) is 37.1 Å². The largest absolute Gasteiger partial charge is 0.373 e. The Labute approximate surface area is 115 Å². The molecule has 0 saturated carbocycles. The van der Waals surface area contributed by atoms with Crippen molar-refractivity contribution >= 4 is 29.1 Å². The molecule has 98 valence electrons. The van der Waals surface area contributed by atoms with Crippen LogP contribution in [0.3, 0.4) is 0 Å². The molecule has 0 aromatic heterocycles. The third-order valence-corrected chi connectivity index (χ3v) is 4.62. The van der Waals surface area contributed by atoms with Gasteiger partial charge in [0.25, 0.3) is 0 Å².